The number of fused-ring (bicyclic) bond motifs is 1. The van der Waals surface area contributed by atoms with Crippen LogP contribution in [0, 0.1) is 0 Å². The molecule has 8 nitrogen and oxygen atoms in total. The number of hydrogen-bond acceptors (Lipinski definition) is 6. The van der Waals surface area contributed by atoms with Gasteiger partial charge in [-0.3, -0.25) is 10.2 Å². The highest BCUT2D eigenvalue weighted by Gasteiger charge is 2.35. The third-order valence-corrected chi connectivity index (χ3v) is 4.83. The summed E-state index contributed by atoms with van der Waals surface area (Å²) in [4.78, 5) is 4.61. The van der Waals surface area contributed by atoms with Gasteiger partial charge in [0.2, 0.25) is 0 Å². The maximum atomic E-state index is 6.08. The van der Waals surface area contributed by atoms with Gasteiger partial charge in [-0.05, 0) is 42.0 Å². The monoisotopic (exact) mass is 376 g/mol. The van der Waals surface area contributed by atoms with E-state index in [1.807, 2.05) is 36.5 Å². The number of H-pyrrole nitrogens is 2. The molecular weight excluding hydrogens is 356 g/mol. The Bertz CT molecular complexity index is 1100. The molecule has 4 aromatic rings. The average molecular weight is 376 g/mol. The zero-order chi connectivity index (χ0) is 19.0. The highest BCUT2D eigenvalue weighted by atomic mass is 16.5. The largest absolute Gasteiger partial charge is 0.491 e. The van der Waals surface area contributed by atoms with Crippen LogP contribution < -0.4 is 10.5 Å². The van der Waals surface area contributed by atoms with Gasteiger partial charge in [0.25, 0.3) is 0 Å². The third-order valence-electron chi connectivity index (χ3n) is 4.83. The first-order chi connectivity index (χ1) is 13.7. The number of aromatic nitrogens is 5. The smallest absolute Gasteiger partial charge is 0.181 e. The normalized spacial score (nSPS) is 15.5. The van der Waals surface area contributed by atoms with Crippen LogP contribution >= 0.6 is 0 Å². The maximum Gasteiger partial charge on any atom is 0.181 e. The molecule has 142 valence electrons. The van der Waals surface area contributed by atoms with Crippen molar-refractivity contribution in [1.82, 2.24) is 25.4 Å². The molecule has 1 aliphatic rings. The molecule has 3 heterocycles. The Morgan fingerprint density at radius 3 is 2.75 bits per heavy atom. The van der Waals surface area contributed by atoms with E-state index >= 15 is 0 Å². The van der Waals surface area contributed by atoms with E-state index in [0.717, 1.165) is 33.6 Å². The summed E-state index contributed by atoms with van der Waals surface area (Å²) in [6.45, 7) is 1.52. The first kappa shape index (κ1) is 16.9. The average Bonchev–Trinajstić information content (AvgIpc) is 3.34. The molecule has 28 heavy (non-hydrogen) atoms. The Labute approximate surface area is 161 Å². The van der Waals surface area contributed by atoms with E-state index in [4.69, 9.17) is 15.2 Å². The molecular formula is C20H20N6O2. The van der Waals surface area contributed by atoms with Crippen molar-refractivity contribution in [3.05, 3.63) is 60.0 Å². The first-order valence-corrected chi connectivity index (χ1v) is 9.10. The van der Waals surface area contributed by atoms with Crippen LogP contribution in [-0.2, 0) is 11.2 Å². The van der Waals surface area contributed by atoms with E-state index in [1.165, 1.54) is 0 Å². The van der Waals surface area contributed by atoms with Gasteiger partial charge < -0.3 is 15.2 Å². The molecule has 4 N–H and O–H groups in total. The van der Waals surface area contributed by atoms with Crippen LogP contribution in [0.1, 0.15) is 11.4 Å². The van der Waals surface area contributed by atoms with E-state index < -0.39 is 0 Å². The summed E-state index contributed by atoms with van der Waals surface area (Å²) in [6.07, 6.45) is 2.49. The van der Waals surface area contributed by atoms with Gasteiger partial charge in [0.1, 0.15) is 18.2 Å². The number of benzene rings is 2. The molecule has 5 rings (SSSR count). The second kappa shape index (κ2) is 6.74. The predicted molar refractivity (Wildman–Crippen MR) is 104 cm³/mol. The Morgan fingerprint density at radius 1 is 1.11 bits per heavy atom. The Hall–Kier alpha value is -3.23. The lowest BCUT2D eigenvalue weighted by atomic mass is 10.0. The van der Waals surface area contributed by atoms with E-state index in [2.05, 4.69) is 37.5 Å². The van der Waals surface area contributed by atoms with Crippen molar-refractivity contribution in [2.75, 3.05) is 19.8 Å². The van der Waals surface area contributed by atoms with Gasteiger partial charge in [0.15, 0.2) is 5.82 Å². The molecule has 2 aromatic heterocycles. The SMILES string of the molecule is NC1(COc2ccc(-c3n[nH]c(Cc4ccc5[nH]ncc5c4)n3)cc2)COC1. The van der Waals surface area contributed by atoms with Gasteiger partial charge in [0, 0.05) is 17.4 Å². The molecule has 0 spiro atoms. The third kappa shape index (κ3) is 3.35. The molecule has 8 heteroatoms. The fraction of sp³-hybridized carbons (Fsp3) is 0.250. The quantitative estimate of drug-likeness (QED) is 0.474. The molecule has 1 saturated heterocycles. The van der Waals surface area contributed by atoms with Crippen LogP contribution in [-0.4, -0.2) is 50.7 Å². The summed E-state index contributed by atoms with van der Waals surface area (Å²) < 4.78 is 10.9. The number of nitrogens with zero attached hydrogens (tertiary/aromatic N) is 3. The van der Waals surface area contributed by atoms with Crippen LogP contribution in [0.2, 0.25) is 0 Å². The second-order valence-electron chi connectivity index (χ2n) is 7.24. The van der Waals surface area contributed by atoms with Crippen LogP contribution in [0.3, 0.4) is 0 Å². The van der Waals surface area contributed by atoms with Gasteiger partial charge in [-0.1, -0.05) is 6.07 Å². The molecule has 0 radical (unpaired) electrons. The summed E-state index contributed by atoms with van der Waals surface area (Å²) in [6, 6.07) is 13.9. The zero-order valence-corrected chi connectivity index (χ0v) is 15.2. The van der Waals surface area contributed by atoms with E-state index in [-0.39, 0.29) is 5.54 Å². The topological polar surface area (TPSA) is 115 Å². The highest BCUT2D eigenvalue weighted by molar-refractivity contribution is 5.78. The fourth-order valence-electron chi connectivity index (χ4n) is 3.17. The number of hydrogen-bond donors (Lipinski definition) is 3. The van der Waals surface area contributed by atoms with Crippen molar-refractivity contribution in [3.63, 3.8) is 0 Å². The number of nitrogens with one attached hydrogen (secondary N) is 2. The van der Waals surface area contributed by atoms with Gasteiger partial charge >= 0.3 is 0 Å². The summed E-state index contributed by atoms with van der Waals surface area (Å²) in [5.41, 5.74) is 8.82. The van der Waals surface area contributed by atoms with E-state index in [9.17, 15) is 0 Å². The lowest BCUT2D eigenvalue weighted by Gasteiger charge is -2.37. The lowest BCUT2D eigenvalue weighted by molar-refractivity contribution is -0.0722. The van der Waals surface area contributed by atoms with E-state index in [0.29, 0.717) is 32.1 Å². The Kier molecular flexibility index (Phi) is 4.07. The summed E-state index contributed by atoms with van der Waals surface area (Å²) in [5.74, 6) is 2.24. The van der Waals surface area contributed by atoms with Gasteiger partial charge in [-0.25, -0.2) is 4.98 Å². The minimum absolute atomic E-state index is 0.364. The Balaban J connectivity index is 1.26. The minimum Gasteiger partial charge on any atom is -0.491 e. The standard InChI is InChI=1S/C20H20N6O2/c21-20(10-27-11-20)12-28-16-4-2-14(3-5-16)19-23-18(25-26-19)8-13-1-6-17-15(7-13)9-22-24-17/h1-7,9H,8,10-12,21H2,(H,22,24)(H,23,25,26). The number of rotatable bonds is 6. The maximum absolute atomic E-state index is 6.08. The molecule has 1 fully saturated rings. The second-order valence-corrected chi connectivity index (χ2v) is 7.24. The van der Waals surface area contributed by atoms with Crippen molar-refractivity contribution in [2.45, 2.75) is 12.0 Å². The predicted octanol–water partition coefficient (Wildman–Crippen LogP) is 2.05. The van der Waals surface area contributed by atoms with Gasteiger partial charge in [0.05, 0.1) is 30.5 Å². The van der Waals surface area contributed by atoms with Crippen molar-refractivity contribution >= 4 is 10.9 Å². The molecule has 0 bridgehead atoms. The number of nitrogens with two attached hydrogens (primary N) is 1. The molecule has 0 aliphatic carbocycles. The van der Waals surface area contributed by atoms with Crippen molar-refractivity contribution in [1.29, 1.82) is 0 Å². The van der Waals surface area contributed by atoms with Crippen molar-refractivity contribution < 1.29 is 9.47 Å². The zero-order valence-electron chi connectivity index (χ0n) is 15.2. The van der Waals surface area contributed by atoms with Gasteiger partial charge in [-0.15, -0.1) is 0 Å². The van der Waals surface area contributed by atoms with Crippen LogP contribution in [0.15, 0.2) is 48.7 Å². The van der Waals surface area contributed by atoms with E-state index in [1.54, 1.807) is 0 Å². The van der Waals surface area contributed by atoms with Crippen LogP contribution in [0.4, 0.5) is 0 Å². The molecule has 0 saturated carbocycles. The van der Waals surface area contributed by atoms with Crippen LogP contribution in [0.25, 0.3) is 22.3 Å². The Morgan fingerprint density at radius 2 is 1.96 bits per heavy atom. The van der Waals surface area contributed by atoms with Crippen molar-refractivity contribution in [2.24, 2.45) is 5.73 Å². The van der Waals surface area contributed by atoms with Crippen molar-refractivity contribution in [3.8, 4) is 17.1 Å². The number of aromatic amines is 2. The summed E-state index contributed by atoms with van der Waals surface area (Å²) in [5, 5.41) is 15.5. The van der Waals surface area contributed by atoms with Crippen LogP contribution in [0.5, 0.6) is 5.75 Å². The fourth-order valence-corrected chi connectivity index (χ4v) is 3.17. The highest BCUT2D eigenvalue weighted by Crippen LogP contribution is 2.22. The molecule has 0 amide bonds. The molecule has 2 aromatic carbocycles. The minimum atomic E-state index is -0.364. The van der Waals surface area contributed by atoms with Gasteiger partial charge in [-0.2, -0.15) is 10.2 Å². The molecule has 1 aliphatic heterocycles. The first-order valence-electron chi connectivity index (χ1n) is 9.10. The summed E-state index contributed by atoms with van der Waals surface area (Å²) in [7, 11) is 0. The number of ether oxygens (including phenoxy) is 2. The molecule has 0 unspecified atom stereocenters. The molecule has 0 atom stereocenters. The lowest BCUT2D eigenvalue weighted by Crippen LogP contribution is -2.61. The summed E-state index contributed by atoms with van der Waals surface area (Å²) >= 11 is 0.